The molecule has 1 N–H and O–H groups in total. The minimum absolute atomic E-state index is 0.0139. The Hall–Kier alpha value is -2.42. The molecule has 4 amide bonds. The second kappa shape index (κ2) is 10.5. The summed E-state index contributed by atoms with van der Waals surface area (Å²) in [6.07, 6.45) is 7.60. The van der Waals surface area contributed by atoms with Gasteiger partial charge in [0.15, 0.2) is 5.69 Å². The molecule has 3 aliphatic rings. The summed E-state index contributed by atoms with van der Waals surface area (Å²) >= 11 is 0. The van der Waals surface area contributed by atoms with Crippen LogP contribution in [0.1, 0.15) is 81.5 Å². The minimum atomic E-state index is -0.856. The Morgan fingerprint density at radius 3 is 2.59 bits per heavy atom. The molecule has 1 aromatic rings. The molecule has 3 aliphatic heterocycles. The molecule has 3 saturated heterocycles. The summed E-state index contributed by atoms with van der Waals surface area (Å²) in [6.45, 7) is 6.74. The molecule has 1 aromatic heterocycles. The van der Waals surface area contributed by atoms with Crippen molar-refractivity contribution in [1.82, 2.24) is 25.2 Å². The summed E-state index contributed by atoms with van der Waals surface area (Å²) < 4.78 is 5.27. The van der Waals surface area contributed by atoms with Crippen molar-refractivity contribution in [3.8, 4) is 0 Å². The molecular formula is C25H39N5O4. The van der Waals surface area contributed by atoms with E-state index in [-0.39, 0.29) is 23.8 Å². The van der Waals surface area contributed by atoms with Gasteiger partial charge in [0.05, 0.1) is 0 Å². The number of imide groups is 1. The second-order valence-electron chi connectivity index (χ2n) is 10.2. The average molecular weight is 474 g/mol. The molecule has 0 aromatic carbocycles. The van der Waals surface area contributed by atoms with E-state index in [0.29, 0.717) is 50.6 Å². The highest BCUT2D eigenvalue weighted by Crippen LogP contribution is 2.37. The van der Waals surface area contributed by atoms with Gasteiger partial charge >= 0.3 is 6.03 Å². The fourth-order valence-electron chi connectivity index (χ4n) is 6.03. The Bertz CT molecular complexity index is 894. The van der Waals surface area contributed by atoms with E-state index in [1.807, 2.05) is 0 Å². The van der Waals surface area contributed by atoms with Gasteiger partial charge in [-0.1, -0.05) is 25.4 Å². The first kappa shape index (κ1) is 24.7. The lowest BCUT2D eigenvalue weighted by molar-refractivity contribution is -0.134. The number of piperidine rings is 1. The highest BCUT2D eigenvalue weighted by molar-refractivity contribution is 6.07. The van der Waals surface area contributed by atoms with Crippen molar-refractivity contribution >= 4 is 17.8 Å². The van der Waals surface area contributed by atoms with Gasteiger partial charge in [-0.25, -0.2) is 4.79 Å². The van der Waals surface area contributed by atoms with Crippen molar-refractivity contribution in [3.63, 3.8) is 0 Å². The van der Waals surface area contributed by atoms with Crippen molar-refractivity contribution in [3.05, 3.63) is 17.5 Å². The third-order valence-corrected chi connectivity index (χ3v) is 7.96. The molecule has 0 unspecified atom stereocenters. The van der Waals surface area contributed by atoms with Crippen molar-refractivity contribution < 1.29 is 18.9 Å². The number of carbonyl (C=O) groups is 3. The van der Waals surface area contributed by atoms with E-state index in [2.05, 4.69) is 36.3 Å². The van der Waals surface area contributed by atoms with E-state index >= 15 is 0 Å². The zero-order valence-electron chi connectivity index (χ0n) is 20.8. The lowest BCUT2D eigenvalue weighted by atomic mass is 9.74. The number of hydrogen-bond acceptors (Lipinski definition) is 6. The fourth-order valence-corrected chi connectivity index (χ4v) is 6.03. The van der Waals surface area contributed by atoms with Gasteiger partial charge < -0.3 is 19.6 Å². The van der Waals surface area contributed by atoms with E-state index in [0.717, 1.165) is 44.4 Å². The lowest BCUT2D eigenvalue weighted by Crippen LogP contribution is -2.56. The van der Waals surface area contributed by atoms with Crippen molar-refractivity contribution in [2.24, 2.45) is 5.92 Å². The predicted octanol–water partition coefficient (Wildman–Crippen LogP) is 3.05. The maximum Gasteiger partial charge on any atom is 0.325 e. The molecule has 0 saturated carbocycles. The molecule has 0 aliphatic carbocycles. The predicted molar refractivity (Wildman–Crippen MR) is 127 cm³/mol. The molecule has 4 rings (SSSR count). The van der Waals surface area contributed by atoms with Gasteiger partial charge in [0.25, 0.3) is 11.8 Å². The molecule has 3 fully saturated rings. The van der Waals surface area contributed by atoms with Gasteiger partial charge in [0, 0.05) is 38.2 Å². The van der Waals surface area contributed by atoms with Crippen LogP contribution in [0.3, 0.4) is 0 Å². The third-order valence-electron chi connectivity index (χ3n) is 7.96. The highest BCUT2D eigenvalue weighted by atomic mass is 16.5. The molecule has 188 valence electrons. The number of likely N-dealkylation sites (tertiary alicyclic amines) is 2. The molecule has 4 heterocycles. The van der Waals surface area contributed by atoms with Gasteiger partial charge in [-0.3, -0.25) is 14.5 Å². The van der Waals surface area contributed by atoms with Crippen LogP contribution in [-0.2, 0) is 11.2 Å². The summed E-state index contributed by atoms with van der Waals surface area (Å²) in [5.41, 5.74) is -0.511. The quantitative estimate of drug-likeness (QED) is 0.554. The topological polar surface area (TPSA) is 99.0 Å². The second-order valence-corrected chi connectivity index (χ2v) is 10.2. The van der Waals surface area contributed by atoms with E-state index in [4.69, 9.17) is 4.52 Å². The molecule has 0 spiro atoms. The molecule has 2 atom stereocenters. The molecular weight excluding hydrogens is 434 g/mol. The highest BCUT2D eigenvalue weighted by Gasteiger charge is 2.55. The van der Waals surface area contributed by atoms with Gasteiger partial charge in [0.2, 0.25) is 0 Å². The first-order valence-corrected chi connectivity index (χ1v) is 13.0. The Kier molecular flexibility index (Phi) is 7.60. The van der Waals surface area contributed by atoms with Crippen LogP contribution in [0.25, 0.3) is 0 Å². The zero-order chi connectivity index (χ0) is 24.3. The summed E-state index contributed by atoms with van der Waals surface area (Å²) in [7, 11) is 2.11. The standard InChI is InChI=1S/C25H39N5O4/c1-4-7-20-17-21(27-34-20)22(31)29-14-9-18(10-15-29)25(12-5-2)23(32)30(24(33)26-25)16-11-19-8-6-13-28(19)3/h17-19H,4-16H2,1-3H3,(H,26,33)/t19-,25+/m1/s1. The van der Waals surface area contributed by atoms with Crippen LogP contribution in [0.15, 0.2) is 10.6 Å². The smallest absolute Gasteiger partial charge is 0.325 e. The largest absolute Gasteiger partial charge is 0.361 e. The number of carbonyl (C=O) groups excluding carboxylic acids is 3. The van der Waals surface area contributed by atoms with Crippen LogP contribution < -0.4 is 5.32 Å². The van der Waals surface area contributed by atoms with Crippen molar-refractivity contribution in [1.29, 1.82) is 0 Å². The van der Waals surface area contributed by atoms with Crippen LogP contribution in [0.2, 0.25) is 0 Å². The lowest BCUT2D eigenvalue weighted by Gasteiger charge is -2.40. The zero-order valence-corrected chi connectivity index (χ0v) is 20.8. The summed E-state index contributed by atoms with van der Waals surface area (Å²) in [4.78, 5) is 45.0. The Balaban J connectivity index is 1.39. The average Bonchev–Trinajstić information content (AvgIpc) is 3.52. The van der Waals surface area contributed by atoms with Crippen LogP contribution in [0.4, 0.5) is 4.79 Å². The monoisotopic (exact) mass is 473 g/mol. The van der Waals surface area contributed by atoms with Crippen LogP contribution in [0, 0.1) is 5.92 Å². The van der Waals surface area contributed by atoms with Crippen molar-refractivity contribution in [2.45, 2.75) is 83.2 Å². The molecule has 9 nitrogen and oxygen atoms in total. The maximum atomic E-state index is 13.6. The molecule has 0 bridgehead atoms. The number of aromatic nitrogens is 1. The van der Waals surface area contributed by atoms with E-state index in [1.165, 1.54) is 11.3 Å². The van der Waals surface area contributed by atoms with Gasteiger partial charge in [-0.2, -0.15) is 0 Å². The van der Waals surface area contributed by atoms with Gasteiger partial charge in [0.1, 0.15) is 11.3 Å². The number of nitrogens with zero attached hydrogens (tertiary/aromatic N) is 4. The van der Waals surface area contributed by atoms with Gasteiger partial charge in [-0.15, -0.1) is 0 Å². The van der Waals surface area contributed by atoms with E-state index in [1.54, 1.807) is 11.0 Å². The fraction of sp³-hybridized carbons (Fsp3) is 0.760. The molecule has 9 heteroatoms. The van der Waals surface area contributed by atoms with E-state index in [9.17, 15) is 14.4 Å². The molecule has 0 radical (unpaired) electrons. The number of amides is 4. The summed E-state index contributed by atoms with van der Waals surface area (Å²) in [6, 6.07) is 1.91. The van der Waals surface area contributed by atoms with Crippen LogP contribution >= 0.6 is 0 Å². The first-order valence-electron chi connectivity index (χ1n) is 13.0. The molecule has 34 heavy (non-hydrogen) atoms. The number of aryl methyl sites for hydroxylation is 1. The summed E-state index contributed by atoms with van der Waals surface area (Å²) in [5, 5.41) is 7.06. The first-order chi connectivity index (χ1) is 16.4. The number of urea groups is 1. The Morgan fingerprint density at radius 2 is 1.94 bits per heavy atom. The normalized spacial score (nSPS) is 26.5. The maximum absolute atomic E-state index is 13.6. The van der Waals surface area contributed by atoms with Crippen molar-refractivity contribution in [2.75, 3.05) is 33.2 Å². The Labute approximate surface area is 202 Å². The van der Waals surface area contributed by atoms with Crippen LogP contribution in [0.5, 0.6) is 0 Å². The van der Waals surface area contributed by atoms with Crippen LogP contribution in [-0.4, -0.2) is 82.5 Å². The SMILES string of the molecule is CCCc1cc(C(=O)N2CCC([C@]3(CCC)NC(=O)N(CC[C@H]4CCCN4C)C3=O)CC2)no1. The number of hydrogen-bond donors (Lipinski definition) is 1. The van der Waals surface area contributed by atoms with E-state index < -0.39 is 5.54 Å². The van der Waals surface area contributed by atoms with Gasteiger partial charge in [-0.05, 0) is 64.5 Å². The minimum Gasteiger partial charge on any atom is -0.361 e. The Morgan fingerprint density at radius 1 is 1.18 bits per heavy atom. The summed E-state index contributed by atoms with van der Waals surface area (Å²) in [5.74, 6) is 0.537. The number of nitrogens with one attached hydrogen (secondary N) is 1. The number of rotatable bonds is 9. The third kappa shape index (κ3) is 4.72.